The molecule has 2 aromatic heterocycles. The predicted octanol–water partition coefficient (Wildman–Crippen LogP) is -1.91. The number of furan rings is 1. The number of carbonyl (C=O) groups excluding carboxylic acids is 1. The van der Waals surface area contributed by atoms with Gasteiger partial charge in [-0.15, -0.1) is 0 Å². The monoisotopic (exact) mass is 253 g/mol. The number of carboxylic acid groups (broad SMARTS) is 1. The van der Waals surface area contributed by atoms with Crippen LogP contribution in [0, 0.1) is 0 Å². The number of carbonyl (C=O) groups is 1. The number of hydrogen-bond acceptors (Lipinski definition) is 5. The molecule has 1 saturated heterocycles. The Labute approximate surface area is 122 Å². The van der Waals surface area contributed by atoms with Crippen molar-refractivity contribution in [2.75, 3.05) is 13.2 Å². The molecule has 94 valence electrons. The number of nitrogens with zero attached hydrogens (tertiary/aromatic N) is 1. The summed E-state index contributed by atoms with van der Waals surface area (Å²) in [6, 6.07) is 3.21. The zero-order valence-corrected chi connectivity index (χ0v) is 10.7. The summed E-state index contributed by atoms with van der Waals surface area (Å²) in [5.41, 5.74) is 0.926. The topological polar surface area (TPSA) is 75.4 Å². The molecule has 1 aliphatic heterocycles. The summed E-state index contributed by atoms with van der Waals surface area (Å²) in [6.45, 7) is 1.42. The molecule has 5 nitrogen and oxygen atoms in total. The van der Waals surface area contributed by atoms with Crippen molar-refractivity contribution < 1.29 is 37.9 Å². The fourth-order valence-electron chi connectivity index (χ4n) is 2.30. The van der Waals surface area contributed by atoms with E-state index in [4.69, 9.17) is 9.15 Å². The Morgan fingerprint density at radius 1 is 1.37 bits per heavy atom. The summed E-state index contributed by atoms with van der Waals surface area (Å²) in [5, 5.41) is 11.0. The zero-order chi connectivity index (χ0) is 12.5. The fourth-order valence-corrected chi connectivity index (χ4v) is 2.30. The quantitative estimate of drug-likeness (QED) is 0.584. The van der Waals surface area contributed by atoms with Crippen molar-refractivity contribution in [1.29, 1.82) is 0 Å². The first kappa shape index (κ1) is 14.1. The van der Waals surface area contributed by atoms with E-state index in [2.05, 4.69) is 4.98 Å². The minimum absolute atomic E-state index is 0. The molecule has 6 heteroatoms. The predicted molar refractivity (Wildman–Crippen MR) is 61.1 cm³/mol. The average molecular weight is 253 g/mol. The Hall–Kier alpha value is -1.28. The molecule has 1 fully saturated rings. The summed E-state index contributed by atoms with van der Waals surface area (Å²) >= 11 is 0. The van der Waals surface area contributed by atoms with Gasteiger partial charge in [0.25, 0.3) is 0 Å². The molecule has 0 aliphatic carbocycles. The fraction of sp³-hybridized carbons (Fsp3) is 0.385. The second-order valence-corrected chi connectivity index (χ2v) is 4.40. The molecule has 0 bridgehead atoms. The molecule has 2 aromatic rings. The van der Waals surface area contributed by atoms with Gasteiger partial charge in [-0.05, 0) is 18.9 Å². The smallest absolute Gasteiger partial charge is 0.545 e. The molecule has 0 saturated carbocycles. The maximum Gasteiger partial charge on any atom is 1.00 e. The van der Waals surface area contributed by atoms with Crippen LogP contribution in [0.3, 0.4) is 0 Å². The third-order valence-electron chi connectivity index (χ3n) is 3.27. The Bertz CT molecular complexity index is 589. The van der Waals surface area contributed by atoms with Crippen LogP contribution in [-0.4, -0.2) is 24.2 Å². The molecule has 0 spiro atoms. The summed E-state index contributed by atoms with van der Waals surface area (Å²) < 4.78 is 11.0. The number of aromatic nitrogens is 1. The van der Waals surface area contributed by atoms with Crippen LogP contribution in [0.15, 0.2) is 22.7 Å². The SMILES string of the molecule is O=C([O-])c1ccnc2cc(C3CCOCC3)oc12.[Li+]. The van der Waals surface area contributed by atoms with Gasteiger partial charge in [0, 0.05) is 37.0 Å². The van der Waals surface area contributed by atoms with Gasteiger partial charge >= 0.3 is 18.9 Å². The molecule has 0 atom stereocenters. The minimum Gasteiger partial charge on any atom is -0.545 e. The molecular weight excluding hydrogens is 241 g/mol. The first-order chi connectivity index (χ1) is 8.75. The standard InChI is InChI=1S/C13H13NO4.Li/c15-13(16)9-1-4-14-10-7-11(18-12(9)10)8-2-5-17-6-3-8;/h1,4,7-8H,2-3,5-6H2,(H,15,16);/q;+1/p-1. The average Bonchev–Trinajstić information content (AvgIpc) is 2.83. The van der Waals surface area contributed by atoms with Gasteiger partial charge in [-0.1, -0.05) is 0 Å². The van der Waals surface area contributed by atoms with Gasteiger partial charge in [0.1, 0.15) is 11.3 Å². The van der Waals surface area contributed by atoms with Crippen LogP contribution in [0.25, 0.3) is 11.1 Å². The van der Waals surface area contributed by atoms with Crippen LogP contribution in [0.2, 0.25) is 0 Å². The molecule has 0 N–H and O–H groups in total. The van der Waals surface area contributed by atoms with E-state index >= 15 is 0 Å². The van der Waals surface area contributed by atoms with Crippen molar-refractivity contribution in [1.82, 2.24) is 4.98 Å². The van der Waals surface area contributed by atoms with E-state index in [0.717, 1.165) is 18.6 Å². The Kier molecular flexibility index (Phi) is 4.30. The maximum atomic E-state index is 11.0. The first-order valence-corrected chi connectivity index (χ1v) is 5.93. The van der Waals surface area contributed by atoms with Crippen LogP contribution in [0.1, 0.15) is 34.9 Å². The zero-order valence-electron chi connectivity index (χ0n) is 10.7. The maximum absolute atomic E-state index is 11.0. The van der Waals surface area contributed by atoms with E-state index in [-0.39, 0.29) is 30.3 Å². The van der Waals surface area contributed by atoms with Gasteiger partial charge in [0.15, 0.2) is 5.58 Å². The number of fused-ring (bicyclic) bond motifs is 1. The summed E-state index contributed by atoms with van der Waals surface area (Å²) in [6.07, 6.45) is 3.23. The van der Waals surface area contributed by atoms with Crippen LogP contribution >= 0.6 is 0 Å². The van der Waals surface area contributed by atoms with E-state index in [1.165, 1.54) is 12.3 Å². The second-order valence-electron chi connectivity index (χ2n) is 4.40. The van der Waals surface area contributed by atoms with E-state index in [1.54, 1.807) is 0 Å². The van der Waals surface area contributed by atoms with Gasteiger partial charge in [-0.25, -0.2) is 0 Å². The third-order valence-corrected chi connectivity index (χ3v) is 3.27. The van der Waals surface area contributed by atoms with Crippen molar-refractivity contribution in [2.45, 2.75) is 18.8 Å². The van der Waals surface area contributed by atoms with Crippen molar-refractivity contribution in [3.63, 3.8) is 0 Å². The van der Waals surface area contributed by atoms with Crippen molar-refractivity contribution >= 4 is 17.1 Å². The molecule has 19 heavy (non-hydrogen) atoms. The number of pyridine rings is 1. The molecule has 0 aromatic carbocycles. The van der Waals surface area contributed by atoms with Crippen molar-refractivity contribution in [2.24, 2.45) is 0 Å². The van der Waals surface area contributed by atoms with Crippen LogP contribution in [-0.2, 0) is 4.74 Å². The number of carboxylic acids is 1. The largest absolute Gasteiger partial charge is 1.00 e. The van der Waals surface area contributed by atoms with Gasteiger partial charge in [0.05, 0.1) is 5.97 Å². The number of hydrogen-bond donors (Lipinski definition) is 0. The summed E-state index contributed by atoms with van der Waals surface area (Å²) in [4.78, 5) is 15.1. The van der Waals surface area contributed by atoms with Gasteiger partial charge in [-0.3, -0.25) is 4.98 Å². The van der Waals surface area contributed by atoms with Gasteiger partial charge < -0.3 is 19.1 Å². The Balaban J connectivity index is 0.00000133. The molecule has 1 aliphatic rings. The summed E-state index contributed by atoms with van der Waals surface area (Å²) in [5.74, 6) is -0.174. The van der Waals surface area contributed by atoms with E-state index in [9.17, 15) is 9.90 Å². The van der Waals surface area contributed by atoms with Crippen molar-refractivity contribution in [3.05, 3.63) is 29.7 Å². The normalized spacial score (nSPS) is 16.2. The molecule has 3 heterocycles. The molecule has 0 radical (unpaired) electrons. The number of rotatable bonds is 2. The molecule has 3 rings (SSSR count). The minimum atomic E-state index is -1.24. The third kappa shape index (κ3) is 2.69. The Morgan fingerprint density at radius 2 is 2.11 bits per heavy atom. The van der Waals surface area contributed by atoms with E-state index < -0.39 is 5.97 Å². The van der Waals surface area contributed by atoms with E-state index in [1.807, 2.05) is 6.07 Å². The first-order valence-electron chi connectivity index (χ1n) is 5.93. The Morgan fingerprint density at radius 3 is 2.79 bits per heavy atom. The van der Waals surface area contributed by atoms with Gasteiger partial charge in [-0.2, -0.15) is 0 Å². The number of aromatic carboxylic acids is 1. The molecular formula is C13H12LiNO4. The van der Waals surface area contributed by atoms with Crippen LogP contribution in [0.4, 0.5) is 0 Å². The van der Waals surface area contributed by atoms with Crippen LogP contribution < -0.4 is 24.0 Å². The second kappa shape index (κ2) is 5.79. The van der Waals surface area contributed by atoms with Crippen LogP contribution in [0.5, 0.6) is 0 Å². The molecule has 0 amide bonds. The van der Waals surface area contributed by atoms with Gasteiger partial charge in [0.2, 0.25) is 0 Å². The molecule has 0 unspecified atom stereocenters. The number of ether oxygens (including phenoxy) is 1. The van der Waals surface area contributed by atoms with Crippen molar-refractivity contribution in [3.8, 4) is 0 Å². The van der Waals surface area contributed by atoms with E-state index in [0.29, 0.717) is 24.3 Å². The summed E-state index contributed by atoms with van der Waals surface area (Å²) in [7, 11) is 0.